The minimum absolute atomic E-state index is 0.260. The first-order chi connectivity index (χ1) is 13.0. The highest BCUT2D eigenvalue weighted by molar-refractivity contribution is 5.56. The lowest BCUT2D eigenvalue weighted by Gasteiger charge is -2.26. The predicted molar refractivity (Wildman–Crippen MR) is 100 cm³/mol. The number of halogens is 3. The van der Waals surface area contributed by atoms with Crippen LogP contribution in [0.3, 0.4) is 0 Å². The summed E-state index contributed by atoms with van der Waals surface area (Å²) >= 11 is 0. The number of aromatic nitrogens is 2. The first-order valence-electron chi connectivity index (χ1n) is 9.24. The molecule has 0 saturated carbocycles. The summed E-state index contributed by atoms with van der Waals surface area (Å²) in [5.41, 5.74) is -0.411. The van der Waals surface area contributed by atoms with Gasteiger partial charge in [0.05, 0.1) is 5.56 Å². The van der Waals surface area contributed by atoms with Crippen LogP contribution >= 0.6 is 0 Å². The van der Waals surface area contributed by atoms with Gasteiger partial charge in [0.15, 0.2) is 0 Å². The van der Waals surface area contributed by atoms with Gasteiger partial charge in [-0.1, -0.05) is 12.5 Å². The van der Waals surface area contributed by atoms with E-state index in [2.05, 4.69) is 25.5 Å². The molecule has 146 valence electrons. The molecule has 0 aliphatic carbocycles. The molecule has 1 aliphatic heterocycles. The number of piperidine rings is 1. The minimum atomic E-state index is -4.38. The van der Waals surface area contributed by atoms with E-state index in [0.29, 0.717) is 11.5 Å². The summed E-state index contributed by atoms with van der Waals surface area (Å²) in [6.45, 7) is 4.21. The van der Waals surface area contributed by atoms with Crippen LogP contribution in [0.15, 0.2) is 36.5 Å². The van der Waals surface area contributed by atoms with Crippen molar-refractivity contribution in [2.45, 2.75) is 31.9 Å². The number of alkyl halides is 3. The van der Waals surface area contributed by atoms with Crippen LogP contribution < -0.4 is 10.6 Å². The summed E-state index contributed by atoms with van der Waals surface area (Å²) in [6, 6.07) is 6.73. The van der Waals surface area contributed by atoms with E-state index in [1.54, 1.807) is 18.3 Å². The highest BCUT2D eigenvalue weighted by Gasteiger charge is 2.30. The van der Waals surface area contributed by atoms with E-state index < -0.39 is 11.7 Å². The second-order valence-corrected chi connectivity index (χ2v) is 6.65. The zero-order valence-electron chi connectivity index (χ0n) is 15.1. The Morgan fingerprint density at radius 1 is 1.07 bits per heavy atom. The molecule has 1 saturated heterocycles. The van der Waals surface area contributed by atoms with Gasteiger partial charge in [-0.05, 0) is 63.2 Å². The van der Waals surface area contributed by atoms with Gasteiger partial charge >= 0.3 is 6.18 Å². The first kappa shape index (κ1) is 19.4. The maximum Gasteiger partial charge on any atom is 0.416 e. The van der Waals surface area contributed by atoms with Gasteiger partial charge in [0.1, 0.15) is 5.82 Å². The Morgan fingerprint density at radius 3 is 2.67 bits per heavy atom. The van der Waals surface area contributed by atoms with Gasteiger partial charge in [0.2, 0.25) is 5.95 Å². The summed E-state index contributed by atoms with van der Waals surface area (Å²) in [5, 5.41) is 6.08. The summed E-state index contributed by atoms with van der Waals surface area (Å²) in [6.07, 6.45) is 2.11. The molecule has 3 rings (SSSR count). The number of rotatable bonds is 7. The summed E-state index contributed by atoms with van der Waals surface area (Å²) in [5.74, 6) is 0.911. The molecule has 1 aliphatic rings. The minimum Gasteiger partial charge on any atom is -0.370 e. The molecule has 0 atom stereocenters. The lowest BCUT2D eigenvalue weighted by molar-refractivity contribution is -0.137. The van der Waals surface area contributed by atoms with Crippen LogP contribution in [0.5, 0.6) is 0 Å². The van der Waals surface area contributed by atoms with Gasteiger partial charge in [-0.2, -0.15) is 18.2 Å². The normalized spacial score (nSPS) is 15.5. The van der Waals surface area contributed by atoms with E-state index in [1.807, 2.05) is 0 Å². The van der Waals surface area contributed by atoms with Crippen molar-refractivity contribution < 1.29 is 13.2 Å². The van der Waals surface area contributed by atoms with Crippen molar-refractivity contribution in [3.63, 3.8) is 0 Å². The third kappa shape index (κ3) is 6.09. The molecule has 1 aromatic carbocycles. The molecule has 0 radical (unpaired) electrons. The van der Waals surface area contributed by atoms with Gasteiger partial charge < -0.3 is 15.5 Å². The highest BCUT2D eigenvalue weighted by Crippen LogP contribution is 2.31. The van der Waals surface area contributed by atoms with Crippen LogP contribution in [0.25, 0.3) is 0 Å². The van der Waals surface area contributed by atoms with Crippen molar-refractivity contribution in [3.05, 3.63) is 42.1 Å². The molecule has 0 bridgehead atoms. The van der Waals surface area contributed by atoms with E-state index in [-0.39, 0.29) is 5.95 Å². The molecular formula is C19H24F3N5. The monoisotopic (exact) mass is 379 g/mol. The van der Waals surface area contributed by atoms with Crippen LogP contribution in [0.1, 0.15) is 31.2 Å². The number of benzene rings is 1. The number of hydrogen-bond donors (Lipinski definition) is 2. The molecule has 27 heavy (non-hydrogen) atoms. The number of nitrogens with one attached hydrogen (secondary N) is 2. The molecule has 2 heterocycles. The zero-order valence-corrected chi connectivity index (χ0v) is 15.1. The van der Waals surface area contributed by atoms with Crippen LogP contribution in [0, 0.1) is 0 Å². The van der Waals surface area contributed by atoms with Gasteiger partial charge in [-0.3, -0.25) is 0 Å². The van der Waals surface area contributed by atoms with Crippen molar-refractivity contribution in [2.24, 2.45) is 0 Å². The van der Waals surface area contributed by atoms with Crippen molar-refractivity contribution in [1.29, 1.82) is 0 Å². The van der Waals surface area contributed by atoms with Gasteiger partial charge in [0.25, 0.3) is 0 Å². The standard InChI is InChI=1S/C19H24F3N5/c20-19(21,22)15-6-4-7-16(14-15)25-18-24-10-8-17(26-18)23-9-5-13-27-11-2-1-3-12-27/h4,6-8,10,14H,1-3,5,9,11-13H2,(H2,23,24,25,26). The average molecular weight is 379 g/mol. The van der Waals surface area contributed by atoms with E-state index >= 15 is 0 Å². The molecule has 0 amide bonds. The number of likely N-dealkylation sites (tertiary alicyclic amines) is 1. The van der Waals surface area contributed by atoms with Crippen LogP contribution in [0.4, 0.5) is 30.6 Å². The third-order valence-corrected chi connectivity index (χ3v) is 4.51. The Bertz CT molecular complexity index is 729. The Morgan fingerprint density at radius 2 is 1.89 bits per heavy atom. The van der Waals surface area contributed by atoms with Crippen LogP contribution in [-0.4, -0.2) is 41.0 Å². The van der Waals surface area contributed by atoms with Crippen molar-refractivity contribution >= 4 is 17.5 Å². The number of nitrogens with zero attached hydrogens (tertiary/aromatic N) is 3. The largest absolute Gasteiger partial charge is 0.416 e. The predicted octanol–water partition coefficient (Wildman–Crippen LogP) is 4.53. The van der Waals surface area contributed by atoms with E-state index in [9.17, 15) is 13.2 Å². The fourth-order valence-electron chi connectivity index (χ4n) is 3.12. The maximum atomic E-state index is 12.8. The molecule has 1 fully saturated rings. The van der Waals surface area contributed by atoms with Gasteiger partial charge in [-0.15, -0.1) is 0 Å². The molecule has 0 spiro atoms. The fraction of sp³-hybridized carbons (Fsp3) is 0.474. The Hall–Kier alpha value is -2.35. The second-order valence-electron chi connectivity index (χ2n) is 6.65. The molecule has 2 aromatic rings. The Balaban J connectivity index is 1.51. The quantitative estimate of drug-likeness (QED) is 0.693. The summed E-state index contributed by atoms with van der Waals surface area (Å²) in [4.78, 5) is 10.9. The average Bonchev–Trinajstić information content (AvgIpc) is 2.66. The van der Waals surface area contributed by atoms with E-state index in [0.717, 1.165) is 31.6 Å². The smallest absolute Gasteiger partial charge is 0.370 e. The van der Waals surface area contributed by atoms with E-state index in [4.69, 9.17) is 0 Å². The lowest BCUT2D eigenvalue weighted by atomic mass is 10.1. The number of hydrogen-bond acceptors (Lipinski definition) is 5. The highest BCUT2D eigenvalue weighted by atomic mass is 19.4. The second kappa shape index (κ2) is 9.03. The van der Waals surface area contributed by atoms with Crippen molar-refractivity contribution in [1.82, 2.24) is 14.9 Å². The SMILES string of the molecule is FC(F)(F)c1cccc(Nc2nccc(NCCCN3CCCCC3)n2)c1. The molecule has 5 nitrogen and oxygen atoms in total. The summed E-state index contributed by atoms with van der Waals surface area (Å²) < 4.78 is 38.4. The molecule has 1 aromatic heterocycles. The molecule has 0 unspecified atom stereocenters. The first-order valence-corrected chi connectivity index (χ1v) is 9.24. The van der Waals surface area contributed by atoms with Crippen molar-refractivity contribution in [3.8, 4) is 0 Å². The number of anilines is 3. The van der Waals surface area contributed by atoms with Crippen LogP contribution in [0.2, 0.25) is 0 Å². The fourth-order valence-corrected chi connectivity index (χ4v) is 3.12. The van der Waals surface area contributed by atoms with E-state index in [1.165, 1.54) is 38.4 Å². The Kier molecular flexibility index (Phi) is 6.49. The molecule has 2 N–H and O–H groups in total. The van der Waals surface area contributed by atoms with Crippen LogP contribution in [-0.2, 0) is 6.18 Å². The molecule has 8 heteroatoms. The van der Waals surface area contributed by atoms with Gasteiger partial charge in [0, 0.05) is 18.4 Å². The molecular weight excluding hydrogens is 355 g/mol. The lowest BCUT2D eigenvalue weighted by Crippen LogP contribution is -2.31. The Labute approximate surface area is 157 Å². The summed E-state index contributed by atoms with van der Waals surface area (Å²) in [7, 11) is 0. The third-order valence-electron chi connectivity index (χ3n) is 4.51. The topological polar surface area (TPSA) is 53.1 Å². The maximum absolute atomic E-state index is 12.8. The zero-order chi connectivity index (χ0) is 19.1. The van der Waals surface area contributed by atoms with Gasteiger partial charge in [-0.25, -0.2) is 4.98 Å². The van der Waals surface area contributed by atoms with Crippen molar-refractivity contribution in [2.75, 3.05) is 36.8 Å².